The first kappa shape index (κ1) is 73.8. The predicted octanol–water partition coefficient (Wildman–Crippen LogP) is 12.1. The quantitative estimate of drug-likeness (QED) is 0.0204. The molecule has 2 aliphatic rings. The summed E-state index contributed by atoms with van der Waals surface area (Å²) in [7, 11) is 0. The highest BCUT2D eigenvalue weighted by molar-refractivity contribution is 5.76. The van der Waals surface area contributed by atoms with Crippen LogP contribution in [0.3, 0.4) is 0 Å². The number of carbonyl (C=O) groups excluding carboxylic acids is 1. The van der Waals surface area contributed by atoms with E-state index in [9.17, 15) is 45.6 Å². The van der Waals surface area contributed by atoms with Crippen LogP contribution in [-0.4, -0.2) is 140 Å². The fourth-order valence-electron chi connectivity index (χ4n) is 10.5. The Labute approximate surface area is 486 Å². The Balaban J connectivity index is 1.44. The summed E-state index contributed by atoms with van der Waals surface area (Å²) in [5.41, 5.74) is 0. The molecule has 2 rings (SSSR count). The zero-order valence-electron chi connectivity index (χ0n) is 50.3. The summed E-state index contributed by atoms with van der Waals surface area (Å²) in [4.78, 5) is 13.1. The Morgan fingerprint density at radius 1 is 0.463 bits per heavy atom. The molecular formula is C66H119NO13. The largest absolute Gasteiger partial charge is 0.394 e. The standard InChI is InChI=1S/C66H119NO13/c1-3-5-7-9-10-11-12-13-14-15-16-17-18-19-20-21-22-23-24-25-26-27-28-29-30-31-32-33-34-35-36-37-38-39-40-41-42-43-44-46-48-50-58(71)67-54(55(70)49-47-45-8-6-4-2)53-77-65-63(76)61(74)64(57(52-69)79-65)80-66-62(75)60(73)59(72)56(51-68)78-66/h5,7,10-11,13-14,16-17,47,49,54-57,59-66,68-70,72-76H,3-4,6,8-9,12,15,18-46,48,50-53H2,1-2H3,(H,67,71)/b7-5-,11-10-,14-13-,17-16-,49-47+. The van der Waals surface area contributed by atoms with Gasteiger partial charge in [-0.3, -0.25) is 4.79 Å². The molecule has 0 aromatic heterocycles. The lowest BCUT2D eigenvalue weighted by molar-refractivity contribution is -0.359. The third kappa shape index (κ3) is 35.7. The lowest BCUT2D eigenvalue weighted by Gasteiger charge is -2.46. The first-order chi connectivity index (χ1) is 39.1. The van der Waals surface area contributed by atoms with E-state index in [-0.39, 0.29) is 18.9 Å². The minimum absolute atomic E-state index is 0.244. The zero-order chi connectivity index (χ0) is 58.1. The van der Waals surface area contributed by atoms with Gasteiger partial charge >= 0.3 is 0 Å². The molecule has 12 unspecified atom stereocenters. The molecule has 0 aromatic rings. The molecule has 0 aliphatic carbocycles. The van der Waals surface area contributed by atoms with Crippen LogP contribution in [0, 0.1) is 0 Å². The van der Waals surface area contributed by atoms with Crippen LogP contribution in [0.2, 0.25) is 0 Å². The molecule has 2 aliphatic heterocycles. The number of ether oxygens (including phenoxy) is 4. The van der Waals surface area contributed by atoms with E-state index in [2.05, 4.69) is 67.8 Å². The van der Waals surface area contributed by atoms with E-state index in [1.807, 2.05) is 6.08 Å². The number of hydrogen-bond donors (Lipinski definition) is 9. The fraction of sp³-hybridized carbons (Fsp3) is 0.833. The van der Waals surface area contributed by atoms with Gasteiger partial charge in [-0.1, -0.05) is 254 Å². The molecule has 80 heavy (non-hydrogen) atoms. The van der Waals surface area contributed by atoms with Gasteiger partial charge in [-0.15, -0.1) is 0 Å². The van der Waals surface area contributed by atoms with E-state index in [4.69, 9.17) is 18.9 Å². The van der Waals surface area contributed by atoms with Crippen molar-refractivity contribution in [3.63, 3.8) is 0 Å². The first-order valence-corrected chi connectivity index (χ1v) is 32.5. The van der Waals surface area contributed by atoms with E-state index in [0.29, 0.717) is 6.42 Å². The molecule has 2 saturated heterocycles. The van der Waals surface area contributed by atoms with Crippen LogP contribution in [-0.2, 0) is 23.7 Å². The van der Waals surface area contributed by atoms with Crippen molar-refractivity contribution in [3.8, 4) is 0 Å². The number of hydrogen-bond acceptors (Lipinski definition) is 13. The van der Waals surface area contributed by atoms with Gasteiger partial charge in [0, 0.05) is 6.42 Å². The molecule has 0 spiro atoms. The number of amides is 1. The number of aliphatic hydroxyl groups is 8. The van der Waals surface area contributed by atoms with Crippen molar-refractivity contribution in [2.75, 3.05) is 19.8 Å². The Morgan fingerprint density at radius 2 is 0.863 bits per heavy atom. The number of allylic oxidation sites excluding steroid dienone is 9. The van der Waals surface area contributed by atoms with E-state index < -0.39 is 86.8 Å². The highest BCUT2D eigenvalue weighted by Crippen LogP contribution is 2.30. The molecule has 2 fully saturated rings. The summed E-state index contributed by atoms with van der Waals surface area (Å²) in [6, 6.07) is -0.909. The van der Waals surface area contributed by atoms with E-state index in [1.54, 1.807) is 6.08 Å². The van der Waals surface area contributed by atoms with Gasteiger partial charge in [-0.2, -0.15) is 0 Å². The van der Waals surface area contributed by atoms with Crippen molar-refractivity contribution < 1.29 is 64.6 Å². The van der Waals surface area contributed by atoms with Gasteiger partial charge in [-0.25, -0.2) is 0 Å². The average Bonchev–Trinajstić information content (AvgIpc) is 3.49. The fourth-order valence-corrected chi connectivity index (χ4v) is 10.5. The Morgan fingerprint density at radius 3 is 1.32 bits per heavy atom. The van der Waals surface area contributed by atoms with E-state index >= 15 is 0 Å². The maximum absolute atomic E-state index is 13.1. The van der Waals surface area contributed by atoms with Crippen LogP contribution >= 0.6 is 0 Å². The maximum Gasteiger partial charge on any atom is 0.220 e. The minimum atomic E-state index is -1.79. The van der Waals surface area contributed by atoms with Crippen molar-refractivity contribution in [1.29, 1.82) is 0 Å². The number of aliphatic hydroxyl groups excluding tert-OH is 8. The molecule has 0 bridgehead atoms. The molecule has 14 nitrogen and oxygen atoms in total. The van der Waals surface area contributed by atoms with Crippen LogP contribution in [0.5, 0.6) is 0 Å². The van der Waals surface area contributed by atoms with Gasteiger partial charge in [0.2, 0.25) is 5.91 Å². The Kier molecular flexibility index (Phi) is 47.2. The lowest BCUT2D eigenvalue weighted by atomic mass is 9.97. The van der Waals surface area contributed by atoms with E-state index in [1.165, 1.54) is 161 Å². The topological polar surface area (TPSA) is 228 Å². The normalized spacial score (nSPS) is 24.6. The predicted molar refractivity (Wildman–Crippen MR) is 323 cm³/mol. The molecule has 14 heteroatoms. The van der Waals surface area contributed by atoms with Gasteiger partial charge in [0.05, 0.1) is 32.0 Å². The summed E-state index contributed by atoms with van der Waals surface area (Å²) in [6.07, 6.45) is 51.1. The maximum atomic E-state index is 13.1. The monoisotopic (exact) mass is 1130 g/mol. The van der Waals surface area contributed by atoms with Crippen molar-refractivity contribution in [2.45, 2.75) is 331 Å². The summed E-state index contributed by atoms with van der Waals surface area (Å²) in [6.45, 7) is 2.56. The highest BCUT2D eigenvalue weighted by Gasteiger charge is 2.51. The molecule has 2 heterocycles. The third-order valence-corrected chi connectivity index (χ3v) is 15.7. The number of nitrogens with one attached hydrogen (secondary N) is 1. The zero-order valence-corrected chi connectivity index (χ0v) is 50.3. The molecule has 9 N–H and O–H groups in total. The summed E-state index contributed by atoms with van der Waals surface area (Å²) in [5.74, 6) is -0.244. The van der Waals surface area contributed by atoms with Crippen LogP contribution < -0.4 is 5.32 Å². The average molecular weight is 1130 g/mol. The van der Waals surface area contributed by atoms with Crippen molar-refractivity contribution in [3.05, 3.63) is 60.8 Å². The van der Waals surface area contributed by atoms with Gasteiger partial charge < -0.3 is 65.1 Å². The first-order valence-electron chi connectivity index (χ1n) is 32.5. The summed E-state index contributed by atoms with van der Waals surface area (Å²) >= 11 is 0. The van der Waals surface area contributed by atoms with Gasteiger partial charge in [0.15, 0.2) is 12.6 Å². The van der Waals surface area contributed by atoms with Gasteiger partial charge in [0.1, 0.15) is 48.8 Å². The smallest absolute Gasteiger partial charge is 0.220 e. The molecule has 0 aromatic carbocycles. The van der Waals surface area contributed by atoms with Crippen LogP contribution in [0.1, 0.15) is 258 Å². The molecule has 0 radical (unpaired) electrons. The second-order valence-electron chi connectivity index (χ2n) is 22.9. The number of carbonyl (C=O) groups is 1. The summed E-state index contributed by atoms with van der Waals surface area (Å²) in [5, 5.41) is 86.4. The van der Waals surface area contributed by atoms with Crippen molar-refractivity contribution >= 4 is 5.91 Å². The van der Waals surface area contributed by atoms with E-state index in [0.717, 1.165) is 70.6 Å². The number of rotatable bonds is 52. The second kappa shape index (κ2) is 51.1. The Bertz CT molecular complexity index is 1570. The van der Waals surface area contributed by atoms with Gasteiger partial charge in [0.25, 0.3) is 0 Å². The number of unbranched alkanes of at least 4 members (excludes halogenated alkanes) is 31. The van der Waals surface area contributed by atoms with Gasteiger partial charge in [-0.05, 0) is 57.8 Å². The molecule has 466 valence electrons. The molecule has 1 amide bonds. The van der Waals surface area contributed by atoms with Crippen LogP contribution in [0.15, 0.2) is 60.8 Å². The lowest BCUT2D eigenvalue weighted by Crippen LogP contribution is -2.65. The highest BCUT2D eigenvalue weighted by atomic mass is 16.7. The third-order valence-electron chi connectivity index (χ3n) is 15.7. The van der Waals surface area contributed by atoms with Crippen molar-refractivity contribution in [1.82, 2.24) is 5.32 Å². The Hall–Kier alpha value is -2.31. The van der Waals surface area contributed by atoms with Crippen LogP contribution in [0.25, 0.3) is 0 Å². The minimum Gasteiger partial charge on any atom is -0.394 e. The SMILES string of the molecule is CC/C=C\C/C=C\C/C=C\C/C=C\CCCCCCCCCCCCCCCCCCCCCCCCCCCCCCC(=O)NC(COC1OC(CO)C(OC2OC(CO)C(O)C(O)C2O)C(O)C1O)C(O)/C=C/CCCCC. The molecule has 12 atom stereocenters. The van der Waals surface area contributed by atoms with Crippen molar-refractivity contribution in [2.24, 2.45) is 0 Å². The summed E-state index contributed by atoms with van der Waals surface area (Å²) < 4.78 is 22.6. The molecule has 0 saturated carbocycles. The second-order valence-corrected chi connectivity index (χ2v) is 22.9. The van der Waals surface area contributed by atoms with Crippen LogP contribution in [0.4, 0.5) is 0 Å². The molecular weight excluding hydrogens is 1010 g/mol.